The molecule has 4 nitrogen and oxygen atoms in total. The van der Waals surface area contributed by atoms with Crippen molar-refractivity contribution in [3.05, 3.63) is 12.2 Å². The average Bonchev–Trinajstić information content (AvgIpc) is 2.63. The monoisotopic (exact) mass is 251 g/mol. The SMILES string of the molecule is CC(C)Cn1ncnc1CC1(O)CCCC(C)C1. The number of nitrogens with zero attached hydrogens (tertiary/aromatic N) is 3. The molecule has 1 fully saturated rings. The fraction of sp³-hybridized carbons (Fsp3) is 0.857. The van der Waals surface area contributed by atoms with Crippen LogP contribution in [0.2, 0.25) is 0 Å². The zero-order valence-electron chi connectivity index (χ0n) is 11.8. The molecule has 0 bridgehead atoms. The molecule has 0 saturated heterocycles. The minimum absolute atomic E-state index is 0.547. The first-order chi connectivity index (χ1) is 8.48. The highest BCUT2D eigenvalue weighted by Gasteiger charge is 2.34. The Labute approximate surface area is 109 Å². The number of hydrogen-bond acceptors (Lipinski definition) is 3. The molecule has 2 rings (SSSR count). The van der Waals surface area contributed by atoms with Gasteiger partial charge in [-0.3, -0.25) is 0 Å². The predicted octanol–water partition coefficient (Wildman–Crippen LogP) is 2.42. The predicted molar refractivity (Wildman–Crippen MR) is 71.1 cm³/mol. The van der Waals surface area contributed by atoms with E-state index in [1.54, 1.807) is 6.33 Å². The van der Waals surface area contributed by atoms with Gasteiger partial charge in [0.2, 0.25) is 0 Å². The van der Waals surface area contributed by atoms with E-state index in [9.17, 15) is 5.11 Å². The first-order valence-electron chi connectivity index (χ1n) is 7.07. The van der Waals surface area contributed by atoms with Gasteiger partial charge in [0, 0.05) is 13.0 Å². The van der Waals surface area contributed by atoms with Crippen molar-refractivity contribution in [2.24, 2.45) is 11.8 Å². The second kappa shape index (κ2) is 5.39. The first-order valence-corrected chi connectivity index (χ1v) is 7.07. The van der Waals surface area contributed by atoms with Crippen molar-refractivity contribution in [3.63, 3.8) is 0 Å². The van der Waals surface area contributed by atoms with Crippen LogP contribution in [-0.2, 0) is 13.0 Å². The summed E-state index contributed by atoms with van der Waals surface area (Å²) >= 11 is 0. The lowest BCUT2D eigenvalue weighted by Crippen LogP contribution is -2.37. The van der Waals surface area contributed by atoms with Crippen LogP contribution in [0.3, 0.4) is 0 Å². The Morgan fingerprint density at radius 3 is 3.00 bits per heavy atom. The lowest BCUT2D eigenvalue weighted by Gasteiger charge is -2.35. The highest BCUT2D eigenvalue weighted by molar-refractivity contribution is 4.97. The van der Waals surface area contributed by atoms with Gasteiger partial charge in [-0.15, -0.1) is 0 Å². The van der Waals surface area contributed by atoms with E-state index < -0.39 is 5.60 Å². The third kappa shape index (κ3) is 3.31. The summed E-state index contributed by atoms with van der Waals surface area (Å²) in [5, 5.41) is 15.0. The number of hydrogen-bond donors (Lipinski definition) is 1. The molecule has 2 unspecified atom stereocenters. The van der Waals surface area contributed by atoms with E-state index in [2.05, 4.69) is 30.9 Å². The van der Waals surface area contributed by atoms with E-state index in [4.69, 9.17) is 0 Å². The van der Waals surface area contributed by atoms with Crippen LogP contribution in [0.5, 0.6) is 0 Å². The zero-order valence-corrected chi connectivity index (χ0v) is 11.8. The molecule has 0 radical (unpaired) electrons. The maximum absolute atomic E-state index is 10.7. The largest absolute Gasteiger partial charge is 0.389 e. The van der Waals surface area contributed by atoms with Gasteiger partial charge in [-0.05, 0) is 24.7 Å². The molecule has 102 valence electrons. The third-order valence-electron chi connectivity index (χ3n) is 3.79. The topological polar surface area (TPSA) is 50.9 Å². The fourth-order valence-electron chi connectivity index (χ4n) is 3.01. The molecule has 0 spiro atoms. The molecule has 4 heteroatoms. The molecule has 1 aliphatic rings. The quantitative estimate of drug-likeness (QED) is 0.894. The van der Waals surface area contributed by atoms with Crippen molar-refractivity contribution in [2.45, 2.75) is 65.0 Å². The van der Waals surface area contributed by atoms with Crippen molar-refractivity contribution in [3.8, 4) is 0 Å². The first kappa shape index (κ1) is 13.5. The smallest absolute Gasteiger partial charge is 0.138 e. The summed E-state index contributed by atoms with van der Waals surface area (Å²) in [7, 11) is 0. The minimum Gasteiger partial charge on any atom is -0.389 e. The van der Waals surface area contributed by atoms with E-state index in [1.165, 1.54) is 6.42 Å². The molecule has 1 N–H and O–H groups in total. The summed E-state index contributed by atoms with van der Waals surface area (Å²) < 4.78 is 1.95. The van der Waals surface area contributed by atoms with Crippen molar-refractivity contribution >= 4 is 0 Å². The van der Waals surface area contributed by atoms with Gasteiger partial charge in [0.05, 0.1) is 5.60 Å². The van der Waals surface area contributed by atoms with Crippen molar-refractivity contribution in [1.82, 2.24) is 14.8 Å². The highest BCUT2D eigenvalue weighted by Crippen LogP contribution is 2.34. The molecule has 0 amide bonds. The van der Waals surface area contributed by atoms with Crippen LogP contribution in [0.25, 0.3) is 0 Å². The fourth-order valence-corrected chi connectivity index (χ4v) is 3.01. The van der Waals surface area contributed by atoms with E-state index in [-0.39, 0.29) is 0 Å². The maximum Gasteiger partial charge on any atom is 0.138 e. The van der Waals surface area contributed by atoms with Gasteiger partial charge in [-0.2, -0.15) is 5.10 Å². The summed E-state index contributed by atoms with van der Waals surface area (Å²) in [6.07, 6.45) is 6.39. The van der Waals surface area contributed by atoms with E-state index in [0.717, 1.165) is 31.6 Å². The van der Waals surface area contributed by atoms with Crippen LogP contribution in [0.1, 0.15) is 52.3 Å². The van der Waals surface area contributed by atoms with Gasteiger partial charge < -0.3 is 5.11 Å². The van der Waals surface area contributed by atoms with Crippen molar-refractivity contribution in [2.75, 3.05) is 0 Å². The standard InChI is InChI=1S/C14H25N3O/c1-11(2)9-17-13(15-10-16-17)8-14(18)6-4-5-12(3)7-14/h10-12,18H,4-9H2,1-3H3. The van der Waals surface area contributed by atoms with E-state index in [0.29, 0.717) is 18.3 Å². The second-order valence-electron chi connectivity index (χ2n) is 6.35. The summed E-state index contributed by atoms with van der Waals surface area (Å²) in [6, 6.07) is 0. The van der Waals surface area contributed by atoms with Crippen LogP contribution in [-0.4, -0.2) is 25.5 Å². The molecule has 0 aliphatic heterocycles. The number of aliphatic hydroxyl groups is 1. The van der Waals surface area contributed by atoms with Gasteiger partial charge in [0.15, 0.2) is 0 Å². The number of rotatable bonds is 4. The Balaban J connectivity index is 2.06. The molecule has 0 aromatic carbocycles. The highest BCUT2D eigenvalue weighted by atomic mass is 16.3. The molecule has 1 aromatic rings. The Bertz CT molecular complexity index is 388. The second-order valence-corrected chi connectivity index (χ2v) is 6.35. The average molecular weight is 251 g/mol. The van der Waals surface area contributed by atoms with Crippen molar-refractivity contribution < 1.29 is 5.11 Å². The lowest BCUT2D eigenvalue weighted by atomic mass is 9.77. The van der Waals surface area contributed by atoms with Crippen molar-refractivity contribution in [1.29, 1.82) is 0 Å². The van der Waals surface area contributed by atoms with Gasteiger partial charge in [-0.1, -0.05) is 33.6 Å². The van der Waals surface area contributed by atoms with Gasteiger partial charge >= 0.3 is 0 Å². The van der Waals surface area contributed by atoms with Crippen LogP contribution >= 0.6 is 0 Å². The normalized spacial score (nSPS) is 28.8. The Hall–Kier alpha value is -0.900. The lowest BCUT2D eigenvalue weighted by molar-refractivity contribution is -0.0148. The summed E-state index contributed by atoms with van der Waals surface area (Å²) in [6.45, 7) is 7.44. The molecular weight excluding hydrogens is 226 g/mol. The molecule has 1 saturated carbocycles. The van der Waals surface area contributed by atoms with E-state index >= 15 is 0 Å². The van der Waals surface area contributed by atoms with Gasteiger partial charge in [-0.25, -0.2) is 9.67 Å². The van der Waals surface area contributed by atoms with Gasteiger partial charge in [0.1, 0.15) is 12.2 Å². The van der Waals surface area contributed by atoms with Crippen LogP contribution < -0.4 is 0 Å². The van der Waals surface area contributed by atoms with E-state index in [1.807, 2.05) is 4.68 Å². The number of aromatic nitrogens is 3. The molecular formula is C14H25N3O. The van der Waals surface area contributed by atoms with Gasteiger partial charge in [0.25, 0.3) is 0 Å². The molecule has 1 aromatic heterocycles. The van der Waals surface area contributed by atoms with Crippen LogP contribution in [0, 0.1) is 11.8 Å². The Kier molecular flexibility index (Phi) is 4.05. The maximum atomic E-state index is 10.7. The molecule has 1 heterocycles. The molecule has 1 aliphatic carbocycles. The third-order valence-corrected chi connectivity index (χ3v) is 3.79. The minimum atomic E-state index is -0.570. The van der Waals surface area contributed by atoms with Crippen LogP contribution in [0.15, 0.2) is 6.33 Å². The van der Waals surface area contributed by atoms with Crippen LogP contribution in [0.4, 0.5) is 0 Å². The molecule has 2 atom stereocenters. The Morgan fingerprint density at radius 1 is 1.56 bits per heavy atom. The zero-order chi connectivity index (χ0) is 13.2. The molecule has 18 heavy (non-hydrogen) atoms. The summed E-state index contributed by atoms with van der Waals surface area (Å²) in [4.78, 5) is 4.33. The Morgan fingerprint density at radius 2 is 2.33 bits per heavy atom. The summed E-state index contributed by atoms with van der Waals surface area (Å²) in [5.74, 6) is 2.09. The summed E-state index contributed by atoms with van der Waals surface area (Å²) in [5.41, 5.74) is -0.570.